The number of benzene rings is 1. The van der Waals surface area contributed by atoms with Crippen molar-refractivity contribution in [1.82, 2.24) is 4.72 Å². The predicted molar refractivity (Wildman–Crippen MR) is 69.0 cm³/mol. The lowest BCUT2D eigenvalue weighted by molar-refractivity contribution is -0.116. The van der Waals surface area contributed by atoms with Crippen molar-refractivity contribution in [2.24, 2.45) is 0 Å². The standard InChI is InChI=1S/C12H16N2O3S/c1-3-13-18(16,17)11-4-5-12-10(8-11)6-7-14(12)9(2)15/h4-5,8,13H,3,6-7H2,1-2H3. The van der Waals surface area contributed by atoms with E-state index >= 15 is 0 Å². The number of anilines is 1. The Kier molecular flexibility index (Phi) is 3.41. The van der Waals surface area contributed by atoms with Crippen molar-refractivity contribution < 1.29 is 13.2 Å². The van der Waals surface area contributed by atoms with E-state index in [4.69, 9.17) is 0 Å². The maximum Gasteiger partial charge on any atom is 0.240 e. The number of rotatable bonds is 3. The summed E-state index contributed by atoms with van der Waals surface area (Å²) < 4.78 is 26.2. The van der Waals surface area contributed by atoms with Crippen LogP contribution in [0.15, 0.2) is 23.1 Å². The van der Waals surface area contributed by atoms with Gasteiger partial charge in [-0.3, -0.25) is 4.79 Å². The number of nitrogens with zero attached hydrogens (tertiary/aromatic N) is 1. The molecule has 1 N–H and O–H groups in total. The minimum absolute atomic E-state index is 0.0176. The summed E-state index contributed by atoms with van der Waals surface area (Å²) in [6.07, 6.45) is 0.699. The van der Waals surface area contributed by atoms with E-state index in [1.165, 1.54) is 13.0 Å². The van der Waals surface area contributed by atoms with Crippen LogP contribution in [0.4, 0.5) is 5.69 Å². The number of hydrogen-bond acceptors (Lipinski definition) is 3. The largest absolute Gasteiger partial charge is 0.312 e. The molecule has 5 nitrogen and oxygen atoms in total. The molecule has 1 heterocycles. The summed E-state index contributed by atoms with van der Waals surface area (Å²) in [4.78, 5) is 13.3. The number of nitrogens with one attached hydrogen (secondary N) is 1. The van der Waals surface area contributed by atoms with Crippen LogP contribution in [0.1, 0.15) is 19.4 Å². The van der Waals surface area contributed by atoms with E-state index in [9.17, 15) is 13.2 Å². The second-order valence-corrected chi connectivity index (χ2v) is 5.98. The van der Waals surface area contributed by atoms with E-state index in [-0.39, 0.29) is 10.8 Å². The molecule has 1 aromatic carbocycles. The van der Waals surface area contributed by atoms with Gasteiger partial charge in [-0.2, -0.15) is 0 Å². The maximum atomic E-state index is 11.9. The van der Waals surface area contributed by atoms with Crippen molar-refractivity contribution >= 4 is 21.6 Å². The number of hydrogen-bond donors (Lipinski definition) is 1. The average Bonchev–Trinajstić information content (AvgIpc) is 2.71. The molecule has 1 amide bonds. The van der Waals surface area contributed by atoms with Gasteiger partial charge in [-0.25, -0.2) is 13.1 Å². The van der Waals surface area contributed by atoms with E-state index in [1.807, 2.05) is 0 Å². The summed E-state index contributed by atoms with van der Waals surface area (Å²) in [5, 5.41) is 0. The van der Waals surface area contributed by atoms with Crippen molar-refractivity contribution in [3.05, 3.63) is 23.8 Å². The Morgan fingerprint density at radius 3 is 2.78 bits per heavy atom. The molecule has 0 fully saturated rings. The lowest BCUT2D eigenvalue weighted by Crippen LogP contribution is -2.26. The Hall–Kier alpha value is -1.40. The van der Waals surface area contributed by atoms with Gasteiger partial charge >= 0.3 is 0 Å². The molecule has 0 unspecified atom stereocenters. The highest BCUT2D eigenvalue weighted by Crippen LogP contribution is 2.30. The van der Waals surface area contributed by atoms with E-state index < -0.39 is 10.0 Å². The summed E-state index contributed by atoms with van der Waals surface area (Å²) in [6.45, 7) is 4.23. The zero-order valence-corrected chi connectivity index (χ0v) is 11.3. The fourth-order valence-corrected chi connectivity index (χ4v) is 3.24. The number of sulfonamides is 1. The molecular formula is C12H16N2O3S. The Morgan fingerprint density at radius 2 is 2.17 bits per heavy atom. The molecule has 98 valence electrons. The van der Waals surface area contributed by atoms with Crippen LogP contribution in [0.25, 0.3) is 0 Å². The monoisotopic (exact) mass is 268 g/mol. The first-order valence-corrected chi connectivity index (χ1v) is 7.34. The van der Waals surface area contributed by atoms with E-state index in [1.54, 1.807) is 24.0 Å². The zero-order valence-electron chi connectivity index (χ0n) is 10.4. The van der Waals surface area contributed by atoms with Gasteiger partial charge in [-0.1, -0.05) is 6.92 Å². The van der Waals surface area contributed by atoms with Gasteiger partial charge < -0.3 is 4.90 Å². The highest BCUT2D eigenvalue weighted by molar-refractivity contribution is 7.89. The van der Waals surface area contributed by atoms with Gasteiger partial charge in [0.2, 0.25) is 15.9 Å². The van der Waals surface area contributed by atoms with Crippen LogP contribution in [0, 0.1) is 0 Å². The van der Waals surface area contributed by atoms with Gasteiger partial charge in [-0.15, -0.1) is 0 Å². The first kappa shape index (κ1) is 13.0. The smallest absolute Gasteiger partial charge is 0.240 e. The fourth-order valence-electron chi connectivity index (χ4n) is 2.15. The number of amides is 1. The van der Waals surface area contributed by atoms with Gasteiger partial charge in [0.1, 0.15) is 0 Å². The first-order valence-electron chi connectivity index (χ1n) is 5.86. The molecule has 2 rings (SSSR count). The van der Waals surface area contributed by atoms with Crippen molar-refractivity contribution in [2.75, 3.05) is 18.0 Å². The zero-order chi connectivity index (χ0) is 13.3. The minimum Gasteiger partial charge on any atom is -0.312 e. The molecule has 0 atom stereocenters. The predicted octanol–water partition coefficient (Wildman–Crippen LogP) is 0.894. The summed E-state index contributed by atoms with van der Waals surface area (Å²) in [7, 11) is -3.42. The van der Waals surface area contributed by atoms with Crippen molar-refractivity contribution in [3.63, 3.8) is 0 Å². The first-order chi connectivity index (χ1) is 8.45. The van der Waals surface area contributed by atoms with E-state index in [2.05, 4.69) is 4.72 Å². The van der Waals surface area contributed by atoms with Crippen LogP contribution in [-0.4, -0.2) is 27.4 Å². The molecule has 0 spiro atoms. The van der Waals surface area contributed by atoms with Gasteiger partial charge in [0.05, 0.1) is 4.90 Å². The van der Waals surface area contributed by atoms with Crippen LogP contribution >= 0.6 is 0 Å². The third-order valence-corrected chi connectivity index (χ3v) is 4.51. The molecule has 0 saturated heterocycles. The van der Waals surface area contributed by atoms with Crippen LogP contribution in [0.2, 0.25) is 0 Å². The van der Waals surface area contributed by atoms with E-state index in [0.29, 0.717) is 19.5 Å². The van der Waals surface area contributed by atoms with Crippen molar-refractivity contribution in [3.8, 4) is 0 Å². The van der Waals surface area contributed by atoms with Crippen LogP contribution in [-0.2, 0) is 21.2 Å². The second kappa shape index (κ2) is 4.70. The molecule has 6 heteroatoms. The lowest BCUT2D eigenvalue weighted by Gasteiger charge is -2.14. The molecule has 1 aliphatic heterocycles. The third kappa shape index (κ3) is 2.26. The normalized spacial score (nSPS) is 14.7. The summed E-state index contributed by atoms with van der Waals surface area (Å²) in [5.74, 6) is -0.0176. The molecular weight excluding hydrogens is 252 g/mol. The highest BCUT2D eigenvalue weighted by atomic mass is 32.2. The highest BCUT2D eigenvalue weighted by Gasteiger charge is 2.24. The fraction of sp³-hybridized carbons (Fsp3) is 0.417. The summed E-state index contributed by atoms with van der Waals surface area (Å²) >= 11 is 0. The molecule has 1 aliphatic rings. The Balaban J connectivity index is 2.39. The SMILES string of the molecule is CCNS(=O)(=O)c1ccc2c(c1)CCN2C(C)=O. The topological polar surface area (TPSA) is 66.5 Å². The van der Waals surface area contributed by atoms with Gasteiger partial charge in [0.25, 0.3) is 0 Å². The number of carbonyl (C=O) groups is 1. The Bertz CT molecular complexity index is 581. The Morgan fingerprint density at radius 1 is 1.44 bits per heavy atom. The van der Waals surface area contributed by atoms with Crippen molar-refractivity contribution in [2.45, 2.75) is 25.2 Å². The molecule has 1 aromatic rings. The number of fused-ring (bicyclic) bond motifs is 1. The molecule has 0 aliphatic carbocycles. The van der Waals surface area contributed by atoms with Gasteiger partial charge in [0.15, 0.2) is 0 Å². The maximum absolute atomic E-state index is 11.9. The molecule has 0 saturated carbocycles. The molecule has 0 bridgehead atoms. The second-order valence-electron chi connectivity index (χ2n) is 4.21. The number of carbonyl (C=O) groups excluding carboxylic acids is 1. The molecule has 18 heavy (non-hydrogen) atoms. The van der Waals surface area contributed by atoms with Crippen molar-refractivity contribution in [1.29, 1.82) is 0 Å². The quantitative estimate of drug-likeness (QED) is 0.885. The summed E-state index contributed by atoms with van der Waals surface area (Å²) in [5.41, 5.74) is 1.72. The Labute approximate surface area is 107 Å². The third-order valence-electron chi connectivity index (χ3n) is 2.97. The van der Waals surface area contributed by atoms with Gasteiger partial charge in [0, 0.05) is 25.7 Å². The molecule has 0 aromatic heterocycles. The lowest BCUT2D eigenvalue weighted by atomic mass is 10.2. The van der Waals surface area contributed by atoms with Gasteiger partial charge in [-0.05, 0) is 30.2 Å². The van der Waals surface area contributed by atoms with Crippen LogP contribution in [0.5, 0.6) is 0 Å². The van der Waals surface area contributed by atoms with Crippen LogP contribution < -0.4 is 9.62 Å². The van der Waals surface area contributed by atoms with E-state index in [0.717, 1.165) is 11.3 Å². The average molecular weight is 268 g/mol. The minimum atomic E-state index is -3.42. The molecule has 0 radical (unpaired) electrons. The van der Waals surface area contributed by atoms with Crippen LogP contribution in [0.3, 0.4) is 0 Å². The summed E-state index contributed by atoms with van der Waals surface area (Å²) in [6, 6.07) is 4.89.